The van der Waals surface area contributed by atoms with E-state index in [4.69, 9.17) is 9.47 Å². The third-order valence-electron chi connectivity index (χ3n) is 4.58. The SMILES string of the molecule is CCOC(=O)c1nn(-c2ccc(OC)cc2)c2c1CS(=O)(=O)c1ccccc1-2. The van der Waals surface area contributed by atoms with E-state index in [-0.39, 0.29) is 22.9 Å². The molecule has 28 heavy (non-hydrogen) atoms. The Kier molecular flexibility index (Phi) is 4.43. The van der Waals surface area contributed by atoms with Crippen molar-refractivity contribution in [3.8, 4) is 22.7 Å². The van der Waals surface area contributed by atoms with Crippen LogP contribution in [0.5, 0.6) is 5.75 Å². The Hall–Kier alpha value is -3.13. The average molecular weight is 398 g/mol. The lowest BCUT2D eigenvalue weighted by Crippen LogP contribution is -2.16. The molecular formula is C20H18N2O5S. The number of nitrogens with zero attached hydrogens (tertiary/aromatic N) is 2. The van der Waals surface area contributed by atoms with E-state index in [9.17, 15) is 13.2 Å². The Morgan fingerprint density at radius 1 is 1.14 bits per heavy atom. The van der Waals surface area contributed by atoms with Gasteiger partial charge < -0.3 is 9.47 Å². The lowest BCUT2D eigenvalue weighted by atomic mass is 10.1. The Labute approximate surface area is 162 Å². The van der Waals surface area contributed by atoms with Crippen LogP contribution in [0.25, 0.3) is 16.9 Å². The van der Waals surface area contributed by atoms with Crippen molar-refractivity contribution < 1.29 is 22.7 Å². The van der Waals surface area contributed by atoms with Crippen LogP contribution in [-0.4, -0.2) is 37.9 Å². The molecule has 3 aromatic rings. The fourth-order valence-electron chi connectivity index (χ4n) is 3.34. The van der Waals surface area contributed by atoms with Crippen LogP contribution in [0.1, 0.15) is 23.0 Å². The molecule has 0 bridgehead atoms. The highest BCUT2D eigenvalue weighted by Gasteiger charge is 2.36. The molecule has 0 radical (unpaired) electrons. The molecule has 1 aromatic heterocycles. The summed E-state index contributed by atoms with van der Waals surface area (Å²) < 4.78 is 37.5. The van der Waals surface area contributed by atoms with E-state index in [2.05, 4.69) is 5.10 Å². The third-order valence-corrected chi connectivity index (χ3v) is 6.28. The summed E-state index contributed by atoms with van der Waals surface area (Å²) in [6, 6.07) is 13.9. The highest BCUT2D eigenvalue weighted by molar-refractivity contribution is 7.90. The summed E-state index contributed by atoms with van der Waals surface area (Å²) in [6.45, 7) is 1.86. The van der Waals surface area contributed by atoms with Gasteiger partial charge in [-0.25, -0.2) is 17.9 Å². The molecule has 0 N–H and O–H groups in total. The van der Waals surface area contributed by atoms with Gasteiger partial charge >= 0.3 is 5.97 Å². The minimum Gasteiger partial charge on any atom is -0.497 e. The van der Waals surface area contributed by atoms with Gasteiger partial charge in [-0.05, 0) is 37.3 Å². The number of esters is 1. The molecule has 0 unspecified atom stereocenters. The smallest absolute Gasteiger partial charge is 0.359 e. The summed E-state index contributed by atoms with van der Waals surface area (Å²) in [6.07, 6.45) is 0. The Morgan fingerprint density at radius 2 is 1.86 bits per heavy atom. The monoisotopic (exact) mass is 398 g/mol. The second kappa shape index (κ2) is 6.79. The number of carbonyl (C=O) groups is 1. The number of hydrogen-bond donors (Lipinski definition) is 0. The van der Waals surface area contributed by atoms with E-state index in [1.165, 1.54) is 0 Å². The quantitative estimate of drug-likeness (QED) is 0.628. The molecule has 0 saturated heterocycles. The number of benzene rings is 2. The van der Waals surface area contributed by atoms with Crippen LogP contribution >= 0.6 is 0 Å². The predicted molar refractivity (Wildman–Crippen MR) is 102 cm³/mol. The van der Waals surface area contributed by atoms with Crippen LogP contribution in [0.3, 0.4) is 0 Å². The Balaban J connectivity index is 2.00. The van der Waals surface area contributed by atoms with Crippen molar-refractivity contribution in [2.75, 3.05) is 13.7 Å². The normalized spacial score (nSPS) is 14.1. The predicted octanol–water partition coefficient (Wildman–Crippen LogP) is 3.01. The fourth-order valence-corrected chi connectivity index (χ4v) is 4.93. The Bertz CT molecular complexity index is 1160. The van der Waals surface area contributed by atoms with Crippen molar-refractivity contribution >= 4 is 15.8 Å². The fraction of sp³-hybridized carbons (Fsp3) is 0.200. The van der Waals surface area contributed by atoms with E-state index >= 15 is 0 Å². The summed E-state index contributed by atoms with van der Waals surface area (Å²) >= 11 is 0. The third kappa shape index (κ3) is 2.86. The molecule has 0 saturated carbocycles. The van der Waals surface area contributed by atoms with Gasteiger partial charge in [0.2, 0.25) is 0 Å². The van der Waals surface area contributed by atoms with Gasteiger partial charge in [0, 0.05) is 11.1 Å². The number of rotatable bonds is 4. The van der Waals surface area contributed by atoms with Crippen LogP contribution < -0.4 is 4.74 Å². The van der Waals surface area contributed by atoms with Crippen LogP contribution in [0.15, 0.2) is 53.4 Å². The summed E-state index contributed by atoms with van der Waals surface area (Å²) in [5.74, 6) is -0.261. The van der Waals surface area contributed by atoms with E-state index in [1.54, 1.807) is 67.2 Å². The second-order valence-corrected chi connectivity index (χ2v) is 8.22. The van der Waals surface area contributed by atoms with Crippen LogP contribution in [-0.2, 0) is 20.3 Å². The van der Waals surface area contributed by atoms with E-state index in [0.29, 0.717) is 28.3 Å². The minimum atomic E-state index is -3.59. The van der Waals surface area contributed by atoms with E-state index < -0.39 is 15.8 Å². The first-order chi connectivity index (χ1) is 13.5. The molecule has 4 rings (SSSR count). The van der Waals surface area contributed by atoms with Crippen LogP contribution in [0.2, 0.25) is 0 Å². The Morgan fingerprint density at radius 3 is 2.54 bits per heavy atom. The molecule has 1 aliphatic rings. The van der Waals surface area contributed by atoms with Gasteiger partial charge in [-0.3, -0.25) is 0 Å². The van der Waals surface area contributed by atoms with E-state index in [1.807, 2.05) is 0 Å². The zero-order valence-electron chi connectivity index (χ0n) is 15.4. The van der Waals surface area contributed by atoms with Crippen molar-refractivity contribution in [1.82, 2.24) is 9.78 Å². The van der Waals surface area contributed by atoms with Crippen molar-refractivity contribution in [3.63, 3.8) is 0 Å². The number of carbonyl (C=O) groups excluding carboxylic acids is 1. The molecule has 2 aromatic carbocycles. The van der Waals surface area contributed by atoms with Crippen molar-refractivity contribution in [2.45, 2.75) is 17.6 Å². The average Bonchev–Trinajstić information content (AvgIpc) is 3.07. The van der Waals surface area contributed by atoms with Gasteiger partial charge in [-0.2, -0.15) is 5.10 Å². The van der Waals surface area contributed by atoms with E-state index in [0.717, 1.165) is 0 Å². The maximum atomic E-state index is 12.8. The lowest BCUT2D eigenvalue weighted by Gasteiger charge is -2.19. The van der Waals surface area contributed by atoms with Gasteiger partial charge in [-0.1, -0.05) is 18.2 Å². The molecular weight excluding hydrogens is 380 g/mol. The van der Waals surface area contributed by atoms with Gasteiger partial charge in [0.15, 0.2) is 15.5 Å². The number of hydrogen-bond acceptors (Lipinski definition) is 6. The topological polar surface area (TPSA) is 87.5 Å². The van der Waals surface area contributed by atoms with Crippen LogP contribution in [0, 0.1) is 0 Å². The zero-order chi connectivity index (χ0) is 19.9. The van der Waals surface area contributed by atoms with Crippen LogP contribution in [0.4, 0.5) is 0 Å². The highest BCUT2D eigenvalue weighted by atomic mass is 32.2. The first kappa shape index (κ1) is 18.2. The first-order valence-corrected chi connectivity index (χ1v) is 10.4. The largest absolute Gasteiger partial charge is 0.497 e. The number of methoxy groups -OCH3 is 1. The van der Waals surface area contributed by atoms with Gasteiger partial charge in [-0.15, -0.1) is 0 Å². The number of fused-ring (bicyclic) bond motifs is 3. The molecule has 0 aliphatic carbocycles. The minimum absolute atomic E-state index is 0.0192. The molecule has 144 valence electrons. The van der Waals surface area contributed by atoms with Gasteiger partial charge in [0.05, 0.1) is 35.7 Å². The first-order valence-electron chi connectivity index (χ1n) is 8.72. The number of sulfone groups is 1. The van der Waals surface area contributed by atoms with Crippen molar-refractivity contribution in [1.29, 1.82) is 0 Å². The summed E-state index contributed by atoms with van der Waals surface area (Å²) in [7, 11) is -2.01. The molecule has 0 atom stereocenters. The van der Waals surface area contributed by atoms with Crippen molar-refractivity contribution in [3.05, 3.63) is 59.8 Å². The molecule has 0 amide bonds. The standard InChI is InChI=1S/C20H18N2O5S/c1-3-27-20(23)18-16-12-28(24,25)17-7-5-4-6-15(17)19(16)22(21-18)13-8-10-14(26-2)11-9-13/h4-11H,3,12H2,1-2H3. The maximum Gasteiger partial charge on any atom is 0.359 e. The number of ether oxygens (including phenoxy) is 2. The zero-order valence-corrected chi connectivity index (χ0v) is 16.2. The molecule has 0 spiro atoms. The van der Waals surface area contributed by atoms with Gasteiger partial charge in [0.1, 0.15) is 5.75 Å². The molecule has 2 heterocycles. The van der Waals surface area contributed by atoms with Crippen molar-refractivity contribution in [2.24, 2.45) is 0 Å². The van der Waals surface area contributed by atoms with Gasteiger partial charge in [0.25, 0.3) is 0 Å². The maximum absolute atomic E-state index is 12.8. The summed E-state index contributed by atoms with van der Waals surface area (Å²) in [5.41, 5.74) is 2.15. The number of aromatic nitrogens is 2. The summed E-state index contributed by atoms with van der Waals surface area (Å²) in [5, 5.41) is 4.44. The second-order valence-electron chi connectivity index (χ2n) is 6.26. The molecule has 7 nitrogen and oxygen atoms in total. The summed E-state index contributed by atoms with van der Waals surface area (Å²) in [4.78, 5) is 12.7. The molecule has 8 heteroatoms. The molecule has 1 aliphatic heterocycles. The molecule has 0 fully saturated rings. The lowest BCUT2D eigenvalue weighted by molar-refractivity contribution is 0.0518. The highest BCUT2D eigenvalue weighted by Crippen LogP contribution is 2.40.